The van der Waals surface area contributed by atoms with Gasteiger partial charge in [0, 0.05) is 28.2 Å². The maximum atomic E-state index is 12.6. The Kier molecular flexibility index (Phi) is 7.27. The number of phenols is 1. The second kappa shape index (κ2) is 9.61. The summed E-state index contributed by atoms with van der Waals surface area (Å²) in [5.41, 5.74) is 0.959. The van der Waals surface area contributed by atoms with Gasteiger partial charge in [-0.3, -0.25) is 4.79 Å². The highest BCUT2D eigenvalue weighted by Crippen LogP contribution is 2.40. The average Bonchev–Trinajstić information content (AvgIpc) is 3.36. The van der Waals surface area contributed by atoms with Gasteiger partial charge in [0.25, 0.3) is 5.91 Å². The lowest BCUT2D eigenvalue weighted by atomic mass is 9.83. The van der Waals surface area contributed by atoms with Crippen molar-refractivity contribution in [3.63, 3.8) is 0 Å². The van der Waals surface area contributed by atoms with Gasteiger partial charge in [0.2, 0.25) is 0 Å². The standard InChI is InChI=1S/C25H35N5O5S/c1-15(2)16-13-19(35-14-16)21(25(3,4)5)30(9)23-22(26-36(33,34)27-23)29(8)18-12-10-11-17(20(18)31)24(32)28(6)7/h10-15,21,31H,1-9H3/t21-/m0/s1. The van der Waals surface area contributed by atoms with E-state index in [1.54, 1.807) is 51.5 Å². The lowest BCUT2D eigenvalue weighted by molar-refractivity contribution is 0.0824. The Labute approximate surface area is 213 Å². The quantitative estimate of drug-likeness (QED) is 0.636. The van der Waals surface area contributed by atoms with Gasteiger partial charge in [-0.05, 0) is 35.1 Å². The molecule has 1 atom stereocenters. The molecule has 0 spiro atoms. The summed E-state index contributed by atoms with van der Waals surface area (Å²) in [6, 6.07) is 6.29. The summed E-state index contributed by atoms with van der Waals surface area (Å²) in [5, 5.41) is 10.9. The SMILES string of the molecule is CC(C)c1coc([C@H](N(C)C2=NS(=O)(=O)N=C2N(C)c2cccc(C(=O)N(C)C)c2O)C(C)(C)C)c1. The number of nitrogens with zero attached hydrogens (tertiary/aromatic N) is 5. The number of hydrogen-bond donors (Lipinski definition) is 1. The van der Waals surface area contributed by atoms with Gasteiger partial charge in [0.1, 0.15) is 5.76 Å². The Hall–Kier alpha value is -3.34. The van der Waals surface area contributed by atoms with Crippen LogP contribution < -0.4 is 4.90 Å². The van der Waals surface area contributed by atoms with Crippen molar-refractivity contribution in [2.24, 2.45) is 14.2 Å². The minimum Gasteiger partial charge on any atom is -0.505 e. The molecule has 1 N–H and O–H groups in total. The van der Waals surface area contributed by atoms with Crippen LogP contribution in [0.15, 0.2) is 43.7 Å². The molecule has 0 saturated carbocycles. The largest absolute Gasteiger partial charge is 0.505 e. The molecule has 0 fully saturated rings. The molecule has 1 amide bonds. The van der Waals surface area contributed by atoms with E-state index in [-0.39, 0.29) is 52.0 Å². The predicted octanol–water partition coefficient (Wildman–Crippen LogP) is 4.02. The van der Waals surface area contributed by atoms with Gasteiger partial charge in [-0.1, -0.05) is 40.7 Å². The molecule has 1 aliphatic heterocycles. The first kappa shape index (κ1) is 27.3. The molecule has 36 heavy (non-hydrogen) atoms. The minimum absolute atomic E-state index is 0.0205. The summed E-state index contributed by atoms with van der Waals surface area (Å²) in [6.45, 7) is 10.2. The van der Waals surface area contributed by atoms with Crippen LogP contribution in [0.4, 0.5) is 5.69 Å². The third-order valence-corrected chi connectivity index (χ3v) is 6.86. The molecule has 0 aliphatic carbocycles. The highest BCUT2D eigenvalue weighted by atomic mass is 32.2. The third-order valence-electron chi connectivity index (χ3n) is 6.05. The van der Waals surface area contributed by atoms with Crippen molar-refractivity contribution in [3.8, 4) is 5.75 Å². The molecular formula is C25H35N5O5S. The van der Waals surface area contributed by atoms with Gasteiger partial charge in [0.05, 0.1) is 23.6 Å². The highest BCUT2D eigenvalue weighted by molar-refractivity contribution is 7.89. The highest BCUT2D eigenvalue weighted by Gasteiger charge is 2.40. The number of phenolic OH excluding ortho intramolecular Hbond substituents is 1. The van der Waals surface area contributed by atoms with E-state index in [0.717, 1.165) is 5.56 Å². The van der Waals surface area contributed by atoms with Crippen LogP contribution in [-0.4, -0.2) is 69.1 Å². The number of carbonyl (C=O) groups is 1. The topological polar surface area (TPSA) is 119 Å². The molecule has 10 nitrogen and oxygen atoms in total. The first-order valence-electron chi connectivity index (χ1n) is 11.6. The number of hydrogen-bond acceptors (Lipinski definition) is 7. The van der Waals surface area contributed by atoms with E-state index < -0.39 is 10.2 Å². The van der Waals surface area contributed by atoms with E-state index in [4.69, 9.17) is 4.42 Å². The Morgan fingerprint density at radius 3 is 2.19 bits per heavy atom. The average molecular weight is 518 g/mol. The number of amides is 1. The molecule has 0 saturated heterocycles. The van der Waals surface area contributed by atoms with E-state index in [2.05, 4.69) is 22.6 Å². The van der Waals surface area contributed by atoms with E-state index in [0.29, 0.717) is 5.76 Å². The number of anilines is 1. The van der Waals surface area contributed by atoms with Crippen molar-refractivity contribution < 1.29 is 22.7 Å². The van der Waals surface area contributed by atoms with E-state index in [1.165, 1.54) is 15.9 Å². The van der Waals surface area contributed by atoms with E-state index in [1.807, 2.05) is 26.8 Å². The Morgan fingerprint density at radius 1 is 1.06 bits per heavy atom. The molecule has 0 unspecified atom stereocenters. The van der Waals surface area contributed by atoms with Crippen LogP contribution in [0.25, 0.3) is 0 Å². The molecular weight excluding hydrogens is 482 g/mol. The van der Waals surface area contributed by atoms with Crippen molar-refractivity contribution in [3.05, 3.63) is 47.4 Å². The number of amidine groups is 2. The first-order chi connectivity index (χ1) is 16.5. The van der Waals surface area contributed by atoms with Crippen molar-refractivity contribution in [2.45, 2.75) is 46.6 Å². The maximum Gasteiger partial charge on any atom is 0.367 e. The molecule has 1 aromatic carbocycles. The summed E-state index contributed by atoms with van der Waals surface area (Å²) in [5.74, 6) is 0.384. The van der Waals surface area contributed by atoms with Crippen LogP contribution in [0.1, 0.15) is 68.3 Å². The minimum atomic E-state index is -4.16. The molecule has 3 rings (SSSR count). The van der Waals surface area contributed by atoms with Gasteiger partial charge in [0.15, 0.2) is 17.4 Å². The van der Waals surface area contributed by atoms with Gasteiger partial charge >= 0.3 is 10.2 Å². The van der Waals surface area contributed by atoms with Crippen molar-refractivity contribution in [1.29, 1.82) is 0 Å². The smallest absolute Gasteiger partial charge is 0.367 e. The van der Waals surface area contributed by atoms with Gasteiger partial charge < -0.3 is 24.2 Å². The summed E-state index contributed by atoms with van der Waals surface area (Å²) < 4.78 is 38.9. The number of likely N-dealkylation sites (N-methyl/N-ethyl adjacent to an activating group) is 2. The maximum absolute atomic E-state index is 12.6. The zero-order valence-corrected chi connectivity index (χ0v) is 23.1. The van der Waals surface area contributed by atoms with Gasteiger partial charge in [-0.15, -0.1) is 8.80 Å². The number of carbonyl (C=O) groups excluding carboxylic acids is 1. The van der Waals surface area contributed by atoms with Crippen LogP contribution in [0.2, 0.25) is 0 Å². The van der Waals surface area contributed by atoms with Crippen LogP contribution in [0.3, 0.4) is 0 Å². The molecule has 0 radical (unpaired) electrons. The van der Waals surface area contributed by atoms with Crippen LogP contribution in [-0.2, 0) is 10.2 Å². The van der Waals surface area contributed by atoms with Crippen LogP contribution in [0.5, 0.6) is 5.75 Å². The molecule has 1 aromatic heterocycles. The van der Waals surface area contributed by atoms with Crippen molar-refractivity contribution >= 4 is 33.5 Å². The zero-order chi connectivity index (χ0) is 27.2. The number of para-hydroxylation sites is 1. The number of aromatic hydroxyl groups is 1. The fourth-order valence-electron chi connectivity index (χ4n) is 4.22. The summed E-state index contributed by atoms with van der Waals surface area (Å²) in [7, 11) is 2.31. The molecule has 2 aromatic rings. The summed E-state index contributed by atoms with van der Waals surface area (Å²) >= 11 is 0. The second-order valence-electron chi connectivity index (χ2n) is 10.5. The lowest BCUT2D eigenvalue weighted by Crippen LogP contribution is -2.45. The third kappa shape index (κ3) is 5.25. The number of furan rings is 1. The Bertz CT molecular complexity index is 1320. The normalized spacial score (nSPS) is 15.9. The second-order valence-corrected chi connectivity index (χ2v) is 11.8. The van der Waals surface area contributed by atoms with Crippen LogP contribution >= 0.6 is 0 Å². The molecule has 1 aliphatic rings. The van der Waals surface area contributed by atoms with E-state index in [9.17, 15) is 18.3 Å². The van der Waals surface area contributed by atoms with Crippen molar-refractivity contribution in [1.82, 2.24) is 9.80 Å². The number of rotatable bonds is 5. The molecule has 2 heterocycles. The van der Waals surface area contributed by atoms with Gasteiger partial charge in [-0.25, -0.2) is 0 Å². The summed E-state index contributed by atoms with van der Waals surface area (Å²) in [4.78, 5) is 17.0. The lowest BCUT2D eigenvalue weighted by Gasteiger charge is -2.38. The van der Waals surface area contributed by atoms with Gasteiger partial charge in [-0.2, -0.15) is 8.42 Å². The van der Waals surface area contributed by atoms with Crippen LogP contribution in [0, 0.1) is 5.41 Å². The molecule has 0 bridgehead atoms. The Morgan fingerprint density at radius 2 is 1.67 bits per heavy atom. The fourth-order valence-corrected chi connectivity index (χ4v) is 5.11. The molecule has 196 valence electrons. The summed E-state index contributed by atoms with van der Waals surface area (Å²) in [6.07, 6.45) is 1.71. The monoisotopic (exact) mass is 517 g/mol. The zero-order valence-electron chi connectivity index (χ0n) is 22.3. The van der Waals surface area contributed by atoms with E-state index >= 15 is 0 Å². The fraction of sp³-hybridized carbons (Fsp3) is 0.480. The number of benzene rings is 1. The first-order valence-corrected chi connectivity index (χ1v) is 13.0. The Balaban J connectivity index is 2.08. The van der Waals surface area contributed by atoms with Crippen molar-refractivity contribution in [2.75, 3.05) is 33.1 Å². The molecule has 11 heteroatoms. The predicted molar refractivity (Wildman–Crippen MR) is 141 cm³/mol.